The molecule has 0 amide bonds. The summed E-state index contributed by atoms with van der Waals surface area (Å²) >= 11 is 8.88. The number of ether oxygens (including phenoxy) is 1. The largest absolute Gasteiger partial charge is 0.460 e. The van der Waals surface area contributed by atoms with Gasteiger partial charge in [-0.2, -0.15) is 0 Å². The van der Waals surface area contributed by atoms with E-state index in [4.69, 9.17) is 16.3 Å². The zero-order chi connectivity index (χ0) is 17.9. The fourth-order valence-electron chi connectivity index (χ4n) is 2.15. The monoisotopic (exact) mass is 415 g/mol. The van der Waals surface area contributed by atoms with Crippen LogP contribution in [0.2, 0.25) is 5.02 Å². The Kier molecular flexibility index (Phi) is 5.75. The van der Waals surface area contributed by atoms with Crippen LogP contribution >= 0.6 is 34.3 Å². The molecule has 0 fully saturated rings. The molecular weight excluding hydrogens is 402 g/mol. The number of hydrogen-bond donors (Lipinski definition) is 1. The molecule has 0 aliphatic rings. The lowest BCUT2D eigenvalue weighted by Gasteiger charge is -2.05. The van der Waals surface area contributed by atoms with E-state index in [1.165, 1.54) is 17.4 Å². The Bertz CT molecular complexity index is 980. The Morgan fingerprint density at radius 3 is 2.72 bits per heavy atom. The Labute approximate surface area is 158 Å². The number of esters is 1. The van der Waals surface area contributed by atoms with Crippen LogP contribution in [0.3, 0.4) is 0 Å². The van der Waals surface area contributed by atoms with Gasteiger partial charge in [0, 0.05) is 16.6 Å². The van der Waals surface area contributed by atoms with Gasteiger partial charge < -0.3 is 4.74 Å². The van der Waals surface area contributed by atoms with Crippen LogP contribution in [-0.2, 0) is 26.2 Å². The van der Waals surface area contributed by atoms with E-state index in [-0.39, 0.29) is 23.8 Å². The molecule has 0 radical (unpaired) electrons. The first-order valence-corrected chi connectivity index (χ1v) is 10.9. The first kappa shape index (κ1) is 18.3. The van der Waals surface area contributed by atoms with Crippen LogP contribution in [0.5, 0.6) is 0 Å². The molecule has 0 aliphatic heterocycles. The minimum atomic E-state index is -3.56. The summed E-state index contributed by atoms with van der Waals surface area (Å²) in [6.45, 7) is 0.0634. The molecule has 0 spiro atoms. The van der Waals surface area contributed by atoms with Gasteiger partial charge in [0.1, 0.15) is 10.8 Å². The first-order chi connectivity index (χ1) is 12.0. The third-order valence-corrected chi connectivity index (χ3v) is 7.89. The molecule has 0 saturated carbocycles. The molecule has 9 heteroatoms. The van der Waals surface area contributed by atoms with Crippen LogP contribution < -0.4 is 4.72 Å². The van der Waals surface area contributed by atoms with Gasteiger partial charge in [-0.3, -0.25) is 4.79 Å². The van der Waals surface area contributed by atoms with E-state index < -0.39 is 16.0 Å². The quantitative estimate of drug-likeness (QED) is 0.591. The lowest BCUT2D eigenvalue weighted by molar-refractivity contribution is -0.144. The maximum atomic E-state index is 11.9. The molecule has 25 heavy (non-hydrogen) atoms. The van der Waals surface area contributed by atoms with Gasteiger partial charge >= 0.3 is 5.97 Å². The van der Waals surface area contributed by atoms with Crippen molar-refractivity contribution in [1.29, 1.82) is 0 Å². The Morgan fingerprint density at radius 2 is 2.00 bits per heavy atom. The van der Waals surface area contributed by atoms with Gasteiger partial charge in [0.05, 0.1) is 16.3 Å². The highest BCUT2D eigenvalue weighted by atomic mass is 35.5. The minimum Gasteiger partial charge on any atom is -0.460 e. The van der Waals surface area contributed by atoms with Gasteiger partial charge in [0.2, 0.25) is 10.0 Å². The molecule has 1 N–H and O–H groups in total. The maximum Gasteiger partial charge on any atom is 0.307 e. The summed E-state index contributed by atoms with van der Waals surface area (Å²) < 4.78 is 32.7. The number of carbonyl (C=O) groups excluding carboxylic acids is 1. The zero-order valence-corrected chi connectivity index (χ0v) is 16.1. The van der Waals surface area contributed by atoms with Gasteiger partial charge in [-0.15, -0.1) is 22.7 Å². The van der Waals surface area contributed by atoms with Crippen molar-refractivity contribution in [1.82, 2.24) is 4.72 Å². The van der Waals surface area contributed by atoms with Gasteiger partial charge in [0.25, 0.3) is 0 Å². The summed E-state index contributed by atoms with van der Waals surface area (Å²) in [7, 11) is -3.56. The molecule has 0 unspecified atom stereocenters. The van der Waals surface area contributed by atoms with Crippen LogP contribution in [0.1, 0.15) is 11.3 Å². The molecule has 3 aromatic rings. The molecule has 1 aromatic carbocycles. The average Bonchev–Trinajstić information content (AvgIpc) is 3.22. The number of sulfonamides is 1. The van der Waals surface area contributed by atoms with Crippen molar-refractivity contribution in [2.24, 2.45) is 0 Å². The summed E-state index contributed by atoms with van der Waals surface area (Å²) in [5.41, 5.74) is 0. The fraction of sp³-hybridized carbons (Fsp3) is 0.188. The first-order valence-electron chi connectivity index (χ1n) is 7.32. The van der Waals surface area contributed by atoms with Gasteiger partial charge in [0.15, 0.2) is 0 Å². The summed E-state index contributed by atoms with van der Waals surface area (Å²) in [5, 5.41) is 3.20. The van der Waals surface area contributed by atoms with Crippen molar-refractivity contribution in [3.63, 3.8) is 0 Å². The van der Waals surface area contributed by atoms with Gasteiger partial charge in [-0.1, -0.05) is 35.9 Å². The third-order valence-electron chi connectivity index (χ3n) is 3.35. The highest BCUT2D eigenvalue weighted by molar-refractivity contribution is 7.91. The van der Waals surface area contributed by atoms with Gasteiger partial charge in [-0.05, 0) is 17.5 Å². The minimum absolute atomic E-state index is 0.0147. The molecular formula is C16H14ClNO4S3. The van der Waals surface area contributed by atoms with Crippen molar-refractivity contribution >= 4 is 60.4 Å². The van der Waals surface area contributed by atoms with E-state index in [2.05, 4.69) is 4.72 Å². The highest BCUT2D eigenvalue weighted by Crippen LogP contribution is 2.35. The van der Waals surface area contributed by atoms with Crippen LogP contribution in [0.15, 0.2) is 46.0 Å². The standard InChI is InChI=1S/C16H14ClNO4S3/c17-16-11-4-1-2-5-12(11)24-13(16)10-22-14(19)7-8-18-25(20,21)15-6-3-9-23-15/h1-6,9,18H,7-8,10H2. The van der Waals surface area contributed by atoms with E-state index >= 15 is 0 Å². The van der Waals surface area contributed by atoms with E-state index in [1.807, 2.05) is 24.3 Å². The zero-order valence-electron chi connectivity index (χ0n) is 12.9. The van der Waals surface area contributed by atoms with Crippen molar-refractivity contribution in [2.45, 2.75) is 17.2 Å². The van der Waals surface area contributed by atoms with Crippen LogP contribution in [0.4, 0.5) is 0 Å². The number of nitrogens with one attached hydrogen (secondary N) is 1. The lowest BCUT2D eigenvalue weighted by Crippen LogP contribution is -2.26. The summed E-state index contributed by atoms with van der Waals surface area (Å²) in [6.07, 6.45) is -0.0485. The number of rotatable bonds is 7. The molecule has 0 aliphatic carbocycles. The van der Waals surface area contributed by atoms with E-state index in [1.54, 1.807) is 11.4 Å². The second-order valence-corrected chi connectivity index (χ2v) is 9.53. The Balaban J connectivity index is 1.50. The molecule has 3 rings (SSSR count). The third kappa shape index (κ3) is 4.39. The molecule has 2 heterocycles. The molecule has 0 atom stereocenters. The fourth-order valence-corrected chi connectivity index (χ4v) is 5.62. The number of hydrogen-bond acceptors (Lipinski definition) is 6. The van der Waals surface area contributed by atoms with Crippen molar-refractivity contribution in [2.75, 3.05) is 6.54 Å². The summed E-state index contributed by atoms with van der Waals surface area (Å²) in [6, 6.07) is 10.9. The summed E-state index contributed by atoms with van der Waals surface area (Å²) in [4.78, 5) is 12.6. The van der Waals surface area contributed by atoms with Crippen molar-refractivity contribution in [3.8, 4) is 0 Å². The normalized spacial score (nSPS) is 11.7. The average molecular weight is 416 g/mol. The summed E-state index contributed by atoms with van der Waals surface area (Å²) in [5.74, 6) is -0.484. The molecule has 0 saturated heterocycles. The predicted molar refractivity (Wildman–Crippen MR) is 101 cm³/mol. The van der Waals surface area contributed by atoms with E-state index in [9.17, 15) is 13.2 Å². The van der Waals surface area contributed by atoms with E-state index in [0.29, 0.717) is 5.02 Å². The van der Waals surface area contributed by atoms with Crippen molar-refractivity contribution < 1.29 is 17.9 Å². The van der Waals surface area contributed by atoms with Crippen molar-refractivity contribution in [3.05, 3.63) is 51.7 Å². The Morgan fingerprint density at radius 1 is 1.20 bits per heavy atom. The highest BCUT2D eigenvalue weighted by Gasteiger charge is 2.16. The second-order valence-electron chi connectivity index (χ2n) is 5.08. The van der Waals surface area contributed by atoms with E-state index in [0.717, 1.165) is 26.3 Å². The second kappa shape index (κ2) is 7.84. The topological polar surface area (TPSA) is 72.5 Å². The molecule has 5 nitrogen and oxygen atoms in total. The number of thiophene rings is 2. The predicted octanol–water partition coefficient (Wildman–Crippen LogP) is 4.03. The van der Waals surface area contributed by atoms with Crippen LogP contribution in [0.25, 0.3) is 10.1 Å². The van der Waals surface area contributed by atoms with Gasteiger partial charge in [-0.25, -0.2) is 13.1 Å². The van der Waals surface area contributed by atoms with Crippen LogP contribution in [0, 0.1) is 0 Å². The molecule has 132 valence electrons. The van der Waals surface area contributed by atoms with Crippen LogP contribution in [-0.4, -0.2) is 20.9 Å². The number of halogens is 1. The Hall–Kier alpha value is -1.45. The SMILES string of the molecule is O=C(CCNS(=O)(=O)c1cccs1)OCc1sc2ccccc2c1Cl. The smallest absolute Gasteiger partial charge is 0.307 e. The molecule has 2 aromatic heterocycles. The number of benzene rings is 1. The number of carbonyl (C=O) groups is 1. The number of fused-ring (bicyclic) bond motifs is 1. The maximum absolute atomic E-state index is 11.9. The molecule has 0 bridgehead atoms. The lowest BCUT2D eigenvalue weighted by atomic mass is 10.2.